The van der Waals surface area contributed by atoms with Gasteiger partial charge < -0.3 is 10.1 Å². The number of rotatable bonds is 5. The third kappa shape index (κ3) is 4.45. The van der Waals surface area contributed by atoms with Crippen molar-refractivity contribution < 1.29 is 14.3 Å². The first-order chi connectivity index (χ1) is 10.2. The van der Waals surface area contributed by atoms with Crippen LogP contribution in [0.2, 0.25) is 0 Å². The van der Waals surface area contributed by atoms with Gasteiger partial charge in [-0.25, -0.2) is 0 Å². The molecule has 0 atom stereocenters. The summed E-state index contributed by atoms with van der Waals surface area (Å²) >= 11 is 0. The molecule has 0 unspecified atom stereocenters. The Balaban J connectivity index is 2.17. The van der Waals surface area contributed by atoms with Gasteiger partial charge in [-0.15, -0.1) is 0 Å². The summed E-state index contributed by atoms with van der Waals surface area (Å²) in [5.41, 5.74) is 1.78. The molecular weight excluding hydrogens is 266 g/mol. The molecule has 0 aromatic heterocycles. The molecule has 0 radical (unpaired) electrons. The average molecular weight is 283 g/mol. The molecule has 2 rings (SSSR count). The van der Waals surface area contributed by atoms with Crippen LogP contribution in [0.1, 0.15) is 24.2 Å². The Morgan fingerprint density at radius 2 is 1.43 bits per heavy atom. The van der Waals surface area contributed by atoms with Crippen LogP contribution in [0, 0.1) is 0 Å². The second kappa shape index (κ2) is 7.24. The summed E-state index contributed by atoms with van der Waals surface area (Å²) in [5.74, 6) is -0.731. The zero-order chi connectivity index (χ0) is 15.1. The van der Waals surface area contributed by atoms with Crippen LogP contribution in [0.25, 0.3) is 0 Å². The van der Waals surface area contributed by atoms with Crippen molar-refractivity contribution in [2.45, 2.75) is 13.0 Å². The highest BCUT2D eigenvalue weighted by Crippen LogP contribution is 2.25. The molecule has 1 N–H and O–H groups in total. The van der Waals surface area contributed by atoms with E-state index in [0.717, 1.165) is 11.1 Å². The summed E-state index contributed by atoms with van der Waals surface area (Å²) in [7, 11) is 0. The van der Waals surface area contributed by atoms with E-state index in [9.17, 15) is 9.59 Å². The largest absolute Gasteiger partial charge is 0.451 e. The molecule has 0 aliphatic carbocycles. The summed E-state index contributed by atoms with van der Waals surface area (Å²) in [5, 5.41) is 2.44. The van der Waals surface area contributed by atoms with Crippen LogP contribution in [-0.2, 0) is 14.3 Å². The van der Waals surface area contributed by atoms with Crippen molar-refractivity contribution in [1.82, 2.24) is 5.32 Å². The normalized spacial score (nSPS) is 10.2. The molecule has 0 aliphatic heterocycles. The maximum absolute atomic E-state index is 11.9. The third-order valence-electron chi connectivity index (χ3n) is 2.94. The van der Waals surface area contributed by atoms with Gasteiger partial charge >= 0.3 is 5.97 Å². The number of ether oxygens (including phenoxy) is 1. The van der Waals surface area contributed by atoms with Crippen molar-refractivity contribution in [3.8, 4) is 0 Å². The molecule has 108 valence electrons. The first kappa shape index (κ1) is 14.8. The molecule has 2 aromatic rings. The third-order valence-corrected chi connectivity index (χ3v) is 2.94. The Labute approximate surface area is 123 Å². The number of amides is 1. The predicted octanol–water partition coefficient (Wildman–Crippen LogP) is 2.46. The maximum atomic E-state index is 11.9. The summed E-state index contributed by atoms with van der Waals surface area (Å²) in [6, 6.07) is 19.0. The Morgan fingerprint density at radius 1 is 0.952 bits per heavy atom. The van der Waals surface area contributed by atoms with Crippen molar-refractivity contribution in [2.75, 3.05) is 6.54 Å². The monoisotopic (exact) mass is 283 g/mol. The first-order valence-electron chi connectivity index (χ1n) is 6.70. The Bertz CT molecular complexity index is 556. The molecule has 0 bridgehead atoms. The van der Waals surface area contributed by atoms with E-state index in [1.165, 1.54) is 6.92 Å². The molecule has 0 saturated carbocycles. The lowest BCUT2D eigenvalue weighted by molar-refractivity contribution is -0.147. The zero-order valence-electron chi connectivity index (χ0n) is 11.8. The fourth-order valence-electron chi connectivity index (χ4n) is 1.95. The van der Waals surface area contributed by atoms with Crippen LogP contribution in [0.3, 0.4) is 0 Å². The first-order valence-corrected chi connectivity index (χ1v) is 6.70. The van der Waals surface area contributed by atoms with Gasteiger partial charge in [0.25, 0.3) is 0 Å². The van der Waals surface area contributed by atoms with Gasteiger partial charge in [0.2, 0.25) is 5.91 Å². The van der Waals surface area contributed by atoms with Crippen LogP contribution >= 0.6 is 0 Å². The second-order valence-electron chi connectivity index (χ2n) is 4.60. The summed E-state index contributed by atoms with van der Waals surface area (Å²) in [6.45, 7) is 1.23. The number of benzene rings is 2. The van der Waals surface area contributed by atoms with Crippen LogP contribution in [0.4, 0.5) is 0 Å². The van der Waals surface area contributed by atoms with Crippen molar-refractivity contribution in [1.29, 1.82) is 0 Å². The molecule has 0 spiro atoms. The van der Waals surface area contributed by atoms with Gasteiger partial charge in [0, 0.05) is 6.92 Å². The van der Waals surface area contributed by atoms with Gasteiger partial charge in [-0.05, 0) is 11.1 Å². The molecule has 0 aliphatic rings. The number of hydrogen-bond acceptors (Lipinski definition) is 3. The predicted molar refractivity (Wildman–Crippen MR) is 79.5 cm³/mol. The van der Waals surface area contributed by atoms with E-state index in [-0.39, 0.29) is 12.5 Å². The Morgan fingerprint density at radius 3 is 1.86 bits per heavy atom. The molecule has 4 nitrogen and oxygen atoms in total. The molecule has 0 saturated heterocycles. The fourth-order valence-corrected chi connectivity index (χ4v) is 1.95. The van der Waals surface area contributed by atoms with E-state index in [1.54, 1.807) is 0 Å². The minimum atomic E-state index is -0.478. The van der Waals surface area contributed by atoms with Gasteiger partial charge in [-0.3, -0.25) is 9.59 Å². The number of carbonyl (C=O) groups is 2. The van der Waals surface area contributed by atoms with E-state index in [1.807, 2.05) is 60.7 Å². The van der Waals surface area contributed by atoms with E-state index in [4.69, 9.17) is 4.74 Å². The van der Waals surface area contributed by atoms with Crippen LogP contribution in [0.15, 0.2) is 60.7 Å². The molecule has 0 heterocycles. The Hall–Kier alpha value is -2.62. The molecule has 4 heteroatoms. The highest BCUT2D eigenvalue weighted by molar-refractivity contribution is 5.80. The number of nitrogens with one attached hydrogen (secondary N) is 1. The summed E-state index contributed by atoms with van der Waals surface area (Å²) in [6.07, 6.45) is -0.478. The van der Waals surface area contributed by atoms with Crippen LogP contribution in [-0.4, -0.2) is 18.4 Å². The fraction of sp³-hybridized carbons (Fsp3) is 0.176. The van der Waals surface area contributed by atoms with E-state index in [2.05, 4.69) is 5.32 Å². The number of carbonyl (C=O) groups excluding carboxylic acids is 2. The van der Waals surface area contributed by atoms with Crippen molar-refractivity contribution in [2.24, 2.45) is 0 Å². The van der Waals surface area contributed by atoms with Crippen molar-refractivity contribution >= 4 is 11.9 Å². The summed E-state index contributed by atoms with van der Waals surface area (Å²) < 4.78 is 5.52. The SMILES string of the molecule is CC(=O)NCC(=O)OC(c1ccccc1)c1ccccc1. The molecule has 21 heavy (non-hydrogen) atoms. The van der Waals surface area contributed by atoms with Gasteiger partial charge in [-0.2, -0.15) is 0 Å². The summed E-state index contributed by atoms with van der Waals surface area (Å²) in [4.78, 5) is 22.7. The van der Waals surface area contributed by atoms with E-state index < -0.39 is 12.1 Å². The zero-order valence-corrected chi connectivity index (χ0v) is 11.8. The number of hydrogen-bond donors (Lipinski definition) is 1. The van der Waals surface area contributed by atoms with Gasteiger partial charge in [0.15, 0.2) is 6.10 Å². The highest BCUT2D eigenvalue weighted by atomic mass is 16.5. The minimum absolute atomic E-state index is 0.133. The molecule has 0 fully saturated rings. The standard InChI is InChI=1S/C17H17NO3/c1-13(19)18-12-16(20)21-17(14-8-4-2-5-9-14)15-10-6-3-7-11-15/h2-11,17H,12H2,1H3,(H,18,19). The second-order valence-corrected chi connectivity index (χ2v) is 4.60. The van der Waals surface area contributed by atoms with E-state index >= 15 is 0 Å². The quantitative estimate of drug-likeness (QED) is 0.858. The number of esters is 1. The van der Waals surface area contributed by atoms with Crippen molar-refractivity contribution in [3.05, 3.63) is 71.8 Å². The molecule has 2 aromatic carbocycles. The van der Waals surface area contributed by atoms with Gasteiger partial charge in [0.1, 0.15) is 6.54 Å². The minimum Gasteiger partial charge on any atom is -0.451 e. The maximum Gasteiger partial charge on any atom is 0.326 e. The topological polar surface area (TPSA) is 55.4 Å². The van der Waals surface area contributed by atoms with Crippen molar-refractivity contribution in [3.63, 3.8) is 0 Å². The van der Waals surface area contributed by atoms with Gasteiger partial charge in [0.05, 0.1) is 0 Å². The van der Waals surface area contributed by atoms with E-state index in [0.29, 0.717) is 0 Å². The molecular formula is C17H17NO3. The van der Waals surface area contributed by atoms with Crippen LogP contribution in [0.5, 0.6) is 0 Å². The average Bonchev–Trinajstić information content (AvgIpc) is 2.52. The Kier molecular flexibility index (Phi) is 5.10. The lowest BCUT2D eigenvalue weighted by Gasteiger charge is -2.19. The van der Waals surface area contributed by atoms with Crippen LogP contribution < -0.4 is 5.32 Å². The lowest BCUT2D eigenvalue weighted by Crippen LogP contribution is -2.29. The smallest absolute Gasteiger partial charge is 0.326 e. The van der Waals surface area contributed by atoms with Gasteiger partial charge in [-0.1, -0.05) is 60.7 Å². The lowest BCUT2D eigenvalue weighted by atomic mass is 10.0. The molecule has 1 amide bonds. The highest BCUT2D eigenvalue weighted by Gasteiger charge is 2.18.